The number of allylic oxidation sites excluding steroid dienone is 1. The van der Waals surface area contributed by atoms with Crippen LogP contribution in [-0.2, 0) is 9.59 Å². The van der Waals surface area contributed by atoms with Crippen LogP contribution in [0, 0.1) is 22.7 Å². The lowest BCUT2D eigenvalue weighted by atomic mass is 9.44. The third-order valence-corrected chi connectivity index (χ3v) is 8.90. The van der Waals surface area contributed by atoms with E-state index in [0.717, 1.165) is 5.57 Å². The summed E-state index contributed by atoms with van der Waals surface area (Å²) in [4.78, 5) is 25.4. The van der Waals surface area contributed by atoms with Crippen molar-refractivity contribution in [3.05, 3.63) is 11.6 Å². The Labute approximate surface area is 159 Å². The molecule has 6 heteroatoms. The normalized spacial score (nSPS) is 54.6. The molecule has 4 N–H and O–H groups in total. The van der Waals surface area contributed by atoms with E-state index in [0.29, 0.717) is 19.3 Å². The van der Waals surface area contributed by atoms with Gasteiger partial charge in [0.05, 0.1) is 29.1 Å². The van der Waals surface area contributed by atoms with E-state index in [4.69, 9.17) is 0 Å². The van der Waals surface area contributed by atoms with Crippen LogP contribution in [-0.4, -0.2) is 55.4 Å². The number of fused-ring (bicyclic) bond motifs is 5. The van der Waals surface area contributed by atoms with Crippen molar-refractivity contribution in [1.29, 1.82) is 0 Å². The Bertz CT molecular complexity index is 745. The molecule has 0 amide bonds. The summed E-state index contributed by atoms with van der Waals surface area (Å²) in [7, 11) is 0. The first-order valence-corrected chi connectivity index (χ1v) is 9.98. The zero-order chi connectivity index (χ0) is 20.0. The van der Waals surface area contributed by atoms with Crippen LogP contribution in [0.1, 0.15) is 59.3 Å². The average Bonchev–Trinajstić information content (AvgIpc) is 2.81. The lowest BCUT2D eigenvalue weighted by molar-refractivity contribution is -0.248. The van der Waals surface area contributed by atoms with Crippen molar-refractivity contribution >= 4 is 11.6 Å². The van der Waals surface area contributed by atoms with Crippen LogP contribution in [0.25, 0.3) is 0 Å². The minimum absolute atomic E-state index is 0.0366. The second-order valence-corrected chi connectivity index (χ2v) is 9.76. The van der Waals surface area contributed by atoms with E-state index in [1.165, 1.54) is 6.92 Å². The predicted molar refractivity (Wildman–Crippen MR) is 96.6 cm³/mol. The van der Waals surface area contributed by atoms with Crippen LogP contribution in [0.3, 0.4) is 0 Å². The Hall–Kier alpha value is -1.08. The average molecular weight is 378 g/mol. The Morgan fingerprint density at radius 2 is 1.81 bits per heavy atom. The molecular weight excluding hydrogens is 348 g/mol. The first-order valence-electron chi connectivity index (χ1n) is 9.98. The molecule has 4 aliphatic carbocycles. The molecule has 0 saturated heterocycles. The standard InChI is InChI=1S/C21H30O6/c1-11(22)20(26)6-7-21(27)17-14(10-16(25)19(20,21)3)18(2)5-4-13(23)8-12(18)9-15(17)24/h9,13-14,16-17,23,25-27H,4-8,10H2,1-3H3/t13-,14-,16+,17-,18-,19+,20-,21+/m0/s1. The minimum Gasteiger partial charge on any atom is -0.393 e. The van der Waals surface area contributed by atoms with E-state index in [9.17, 15) is 30.0 Å². The molecule has 0 bridgehead atoms. The summed E-state index contributed by atoms with van der Waals surface area (Å²) in [5.74, 6) is -1.73. The number of hydrogen-bond acceptors (Lipinski definition) is 6. The SMILES string of the molecule is CC(=O)[C@@]1(O)CC[C@@]2(O)[C@@H]3C(=O)C=C4C[C@@H](O)CC[C@]4(C)[C@H]3C[C@@H](O)[C@@]21C. The van der Waals surface area contributed by atoms with E-state index < -0.39 is 40.5 Å². The topological polar surface area (TPSA) is 115 Å². The Kier molecular flexibility index (Phi) is 3.92. The maximum atomic E-state index is 13.1. The summed E-state index contributed by atoms with van der Waals surface area (Å²) >= 11 is 0. The van der Waals surface area contributed by atoms with Crippen LogP contribution < -0.4 is 0 Å². The first-order chi connectivity index (χ1) is 12.4. The molecule has 0 aliphatic heterocycles. The van der Waals surface area contributed by atoms with Gasteiger partial charge >= 0.3 is 0 Å². The van der Waals surface area contributed by atoms with Gasteiger partial charge in [0.2, 0.25) is 0 Å². The number of Topliss-reactive ketones (excluding diaryl/α,β-unsaturated/α-hetero) is 1. The number of hydrogen-bond donors (Lipinski definition) is 4. The summed E-state index contributed by atoms with van der Waals surface area (Å²) in [6.45, 7) is 4.89. The highest BCUT2D eigenvalue weighted by molar-refractivity contribution is 5.96. The molecule has 4 aliphatic rings. The molecule has 3 fully saturated rings. The lowest BCUT2D eigenvalue weighted by Gasteiger charge is -2.62. The number of aliphatic hydroxyl groups excluding tert-OH is 2. The second kappa shape index (κ2) is 5.50. The quantitative estimate of drug-likeness (QED) is 0.539. The van der Waals surface area contributed by atoms with Crippen molar-refractivity contribution in [2.45, 2.75) is 82.7 Å². The molecule has 0 aromatic carbocycles. The number of aliphatic hydroxyl groups is 4. The highest BCUT2D eigenvalue weighted by Gasteiger charge is 2.76. The van der Waals surface area contributed by atoms with Crippen LogP contribution in [0.4, 0.5) is 0 Å². The van der Waals surface area contributed by atoms with Crippen LogP contribution in [0.15, 0.2) is 11.6 Å². The van der Waals surface area contributed by atoms with Gasteiger partial charge in [0.1, 0.15) is 5.60 Å². The van der Waals surface area contributed by atoms with Crippen molar-refractivity contribution < 1.29 is 30.0 Å². The third kappa shape index (κ3) is 2.05. The van der Waals surface area contributed by atoms with E-state index >= 15 is 0 Å². The molecule has 0 spiro atoms. The van der Waals surface area contributed by atoms with Crippen LogP contribution in [0.5, 0.6) is 0 Å². The highest BCUT2D eigenvalue weighted by Crippen LogP contribution is 2.68. The maximum Gasteiger partial charge on any atom is 0.162 e. The van der Waals surface area contributed by atoms with E-state index in [1.807, 2.05) is 0 Å². The summed E-state index contributed by atoms with van der Waals surface area (Å²) < 4.78 is 0. The number of carbonyl (C=O) groups is 2. The van der Waals surface area contributed by atoms with E-state index in [1.54, 1.807) is 13.0 Å². The molecule has 0 unspecified atom stereocenters. The molecule has 3 saturated carbocycles. The summed E-state index contributed by atoms with van der Waals surface area (Å²) in [6, 6.07) is 0. The van der Waals surface area contributed by atoms with Gasteiger partial charge in [-0.15, -0.1) is 0 Å². The van der Waals surface area contributed by atoms with E-state index in [2.05, 4.69) is 6.92 Å². The van der Waals surface area contributed by atoms with Gasteiger partial charge in [-0.2, -0.15) is 0 Å². The fourth-order valence-corrected chi connectivity index (χ4v) is 6.96. The van der Waals surface area contributed by atoms with Crippen molar-refractivity contribution in [2.24, 2.45) is 22.7 Å². The van der Waals surface area contributed by atoms with Gasteiger partial charge in [0.15, 0.2) is 11.6 Å². The molecule has 150 valence electrons. The second-order valence-electron chi connectivity index (χ2n) is 9.76. The van der Waals surface area contributed by atoms with Gasteiger partial charge in [-0.25, -0.2) is 0 Å². The minimum atomic E-state index is -1.85. The van der Waals surface area contributed by atoms with Crippen LogP contribution >= 0.6 is 0 Å². The predicted octanol–water partition coefficient (Wildman–Crippen LogP) is 0.895. The van der Waals surface area contributed by atoms with Crippen molar-refractivity contribution in [1.82, 2.24) is 0 Å². The molecule has 0 radical (unpaired) electrons. The fraction of sp³-hybridized carbons (Fsp3) is 0.810. The third-order valence-electron chi connectivity index (χ3n) is 8.90. The van der Waals surface area contributed by atoms with Crippen LogP contribution in [0.2, 0.25) is 0 Å². The largest absolute Gasteiger partial charge is 0.393 e. The molecule has 0 heterocycles. The monoisotopic (exact) mass is 378 g/mol. The molecule has 4 rings (SSSR count). The van der Waals surface area contributed by atoms with Gasteiger partial charge < -0.3 is 20.4 Å². The molecule has 6 nitrogen and oxygen atoms in total. The number of ketones is 2. The molecular formula is C21H30O6. The zero-order valence-corrected chi connectivity index (χ0v) is 16.2. The zero-order valence-electron chi connectivity index (χ0n) is 16.2. The Morgan fingerprint density at radius 3 is 2.44 bits per heavy atom. The Balaban J connectivity index is 1.87. The maximum absolute atomic E-state index is 13.1. The number of rotatable bonds is 1. The van der Waals surface area contributed by atoms with Gasteiger partial charge in [-0.05, 0) is 62.9 Å². The van der Waals surface area contributed by atoms with Gasteiger partial charge in [0, 0.05) is 0 Å². The summed E-state index contributed by atoms with van der Waals surface area (Å²) in [5, 5.41) is 44.1. The smallest absolute Gasteiger partial charge is 0.162 e. The van der Waals surface area contributed by atoms with Gasteiger partial charge in [-0.3, -0.25) is 9.59 Å². The lowest BCUT2D eigenvalue weighted by Crippen LogP contribution is -2.72. The van der Waals surface area contributed by atoms with Crippen molar-refractivity contribution in [3.8, 4) is 0 Å². The highest BCUT2D eigenvalue weighted by atomic mass is 16.3. The van der Waals surface area contributed by atoms with E-state index in [-0.39, 0.29) is 36.4 Å². The molecule has 0 aromatic rings. The summed E-state index contributed by atoms with van der Waals surface area (Å²) in [6.07, 6.45) is 2.13. The van der Waals surface area contributed by atoms with Crippen molar-refractivity contribution in [3.63, 3.8) is 0 Å². The van der Waals surface area contributed by atoms with Gasteiger partial charge in [0.25, 0.3) is 0 Å². The molecule has 27 heavy (non-hydrogen) atoms. The fourth-order valence-electron chi connectivity index (χ4n) is 6.96. The van der Waals surface area contributed by atoms with Gasteiger partial charge in [-0.1, -0.05) is 19.4 Å². The number of carbonyl (C=O) groups excluding carboxylic acids is 2. The molecule has 8 atom stereocenters. The first kappa shape index (κ1) is 19.2. The Morgan fingerprint density at radius 1 is 1.15 bits per heavy atom. The van der Waals surface area contributed by atoms with Crippen molar-refractivity contribution in [2.75, 3.05) is 0 Å². The molecule has 0 aromatic heterocycles. The summed E-state index contributed by atoms with van der Waals surface area (Å²) in [5.41, 5.74) is -4.47.